The molecule has 2 aromatic rings. The van der Waals surface area contributed by atoms with Crippen molar-refractivity contribution in [1.82, 2.24) is 14.2 Å². The standard InChI is InChI=1S/C10H15N5OS/c1-6-7(5-13-15(6)2)4-12-10-8(16-3)9(11)14-17-10/h5,12H,4H2,1-3H3,(H2,11,14). The Morgan fingerprint density at radius 3 is 2.94 bits per heavy atom. The molecule has 2 aromatic heterocycles. The monoisotopic (exact) mass is 253 g/mol. The molecule has 0 saturated carbocycles. The number of hydrogen-bond acceptors (Lipinski definition) is 6. The summed E-state index contributed by atoms with van der Waals surface area (Å²) in [5, 5.41) is 8.28. The van der Waals surface area contributed by atoms with Crippen LogP contribution in [0.2, 0.25) is 0 Å². The predicted octanol–water partition coefficient (Wildman–Crippen LogP) is 1.39. The molecular weight excluding hydrogens is 238 g/mol. The van der Waals surface area contributed by atoms with Gasteiger partial charge in [0.05, 0.1) is 13.3 Å². The van der Waals surface area contributed by atoms with Crippen molar-refractivity contribution < 1.29 is 4.74 Å². The van der Waals surface area contributed by atoms with E-state index < -0.39 is 0 Å². The fraction of sp³-hybridized carbons (Fsp3) is 0.400. The molecule has 0 radical (unpaired) electrons. The summed E-state index contributed by atoms with van der Waals surface area (Å²) < 4.78 is 11.1. The first-order valence-corrected chi connectivity index (χ1v) is 5.91. The van der Waals surface area contributed by atoms with Crippen molar-refractivity contribution in [2.45, 2.75) is 13.5 Å². The number of hydrogen-bond donors (Lipinski definition) is 2. The zero-order valence-corrected chi connectivity index (χ0v) is 10.8. The molecule has 0 saturated heterocycles. The zero-order chi connectivity index (χ0) is 12.4. The number of nitrogens with one attached hydrogen (secondary N) is 1. The second-order valence-electron chi connectivity index (χ2n) is 3.66. The highest BCUT2D eigenvalue weighted by Gasteiger charge is 2.12. The fourth-order valence-electron chi connectivity index (χ4n) is 1.50. The molecule has 0 aromatic carbocycles. The van der Waals surface area contributed by atoms with Crippen LogP contribution in [0.1, 0.15) is 11.3 Å². The van der Waals surface area contributed by atoms with Crippen LogP contribution in [0.3, 0.4) is 0 Å². The number of ether oxygens (including phenoxy) is 1. The molecule has 0 atom stereocenters. The van der Waals surface area contributed by atoms with Crippen molar-refractivity contribution in [2.75, 3.05) is 18.2 Å². The number of aromatic nitrogens is 3. The van der Waals surface area contributed by atoms with Crippen molar-refractivity contribution in [2.24, 2.45) is 7.05 Å². The van der Waals surface area contributed by atoms with Crippen LogP contribution in [0, 0.1) is 6.92 Å². The van der Waals surface area contributed by atoms with Crippen molar-refractivity contribution >= 4 is 22.4 Å². The van der Waals surface area contributed by atoms with E-state index in [1.807, 2.05) is 24.9 Å². The van der Waals surface area contributed by atoms with Crippen LogP contribution < -0.4 is 15.8 Å². The third-order valence-corrected chi connectivity index (χ3v) is 3.45. The Morgan fingerprint density at radius 1 is 1.59 bits per heavy atom. The van der Waals surface area contributed by atoms with E-state index >= 15 is 0 Å². The summed E-state index contributed by atoms with van der Waals surface area (Å²) in [6, 6.07) is 0. The molecule has 0 amide bonds. The van der Waals surface area contributed by atoms with Crippen LogP contribution in [0.25, 0.3) is 0 Å². The van der Waals surface area contributed by atoms with Gasteiger partial charge < -0.3 is 15.8 Å². The van der Waals surface area contributed by atoms with E-state index in [-0.39, 0.29) is 0 Å². The van der Waals surface area contributed by atoms with Gasteiger partial charge in [-0.05, 0) is 18.5 Å². The third kappa shape index (κ3) is 2.19. The number of rotatable bonds is 4. The van der Waals surface area contributed by atoms with Crippen LogP contribution >= 0.6 is 11.5 Å². The lowest BCUT2D eigenvalue weighted by atomic mass is 10.2. The number of nitrogens with two attached hydrogens (primary N) is 1. The fourth-order valence-corrected chi connectivity index (χ4v) is 2.18. The largest absolute Gasteiger partial charge is 0.490 e. The van der Waals surface area contributed by atoms with Crippen LogP contribution in [0.15, 0.2) is 6.20 Å². The lowest BCUT2D eigenvalue weighted by molar-refractivity contribution is 0.419. The van der Waals surface area contributed by atoms with Gasteiger partial charge >= 0.3 is 0 Å². The van der Waals surface area contributed by atoms with Gasteiger partial charge in [-0.1, -0.05) is 0 Å². The molecule has 2 heterocycles. The van der Waals surface area contributed by atoms with Gasteiger partial charge in [0.1, 0.15) is 0 Å². The third-order valence-electron chi connectivity index (χ3n) is 2.65. The topological polar surface area (TPSA) is 78.0 Å². The smallest absolute Gasteiger partial charge is 0.197 e. The number of nitrogens with zero attached hydrogens (tertiary/aromatic N) is 3. The Morgan fingerprint density at radius 2 is 2.35 bits per heavy atom. The van der Waals surface area contributed by atoms with Crippen LogP contribution in [-0.4, -0.2) is 21.3 Å². The number of methoxy groups -OCH3 is 1. The molecule has 7 heteroatoms. The predicted molar refractivity (Wildman–Crippen MR) is 68.4 cm³/mol. The average Bonchev–Trinajstić information content (AvgIpc) is 2.82. The Bertz CT molecular complexity index is 519. The summed E-state index contributed by atoms with van der Waals surface area (Å²) in [5.41, 5.74) is 7.95. The normalized spacial score (nSPS) is 10.5. The molecule has 2 rings (SSSR count). The van der Waals surface area contributed by atoms with Gasteiger partial charge in [-0.3, -0.25) is 4.68 Å². The lowest BCUT2D eigenvalue weighted by Crippen LogP contribution is -2.01. The van der Waals surface area contributed by atoms with Gasteiger partial charge in [0.25, 0.3) is 0 Å². The van der Waals surface area contributed by atoms with E-state index in [0.717, 1.165) is 16.3 Å². The number of anilines is 2. The Labute approximate surface area is 104 Å². The highest BCUT2D eigenvalue weighted by Crippen LogP contribution is 2.34. The van der Waals surface area contributed by atoms with Gasteiger partial charge in [0.15, 0.2) is 16.6 Å². The zero-order valence-electron chi connectivity index (χ0n) is 10.0. The van der Waals surface area contributed by atoms with Gasteiger partial charge in [-0.25, -0.2) is 0 Å². The maximum absolute atomic E-state index is 5.67. The van der Waals surface area contributed by atoms with E-state index in [1.54, 1.807) is 7.11 Å². The summed E-state index contributed by atoms with van der Waals surface area (Å²) in [7, 11) is 3.50. The molecule has 92 valence electrons. The maximum Gasteiger partial charge on any atom is 0.197 e. The summed E-state index contributed by atoms with van der Waals surface area (Å²) in [5.74, 6) is 1.03. The molecule has 0 aliphatic carbocycles. The minimum absolute atomic E-state index is 0.419. The molecule has 0 spiro atoms. The van der Waals surface area contributed by atoms with Gasteiger partial charge in [-0.2, -0.15) is 9.47 Å². The number of nitrogen functional groups attached to an aromatic ring is 1. The van der Waals surface area contributed by atoms with Crippen molar-refractivity contribution in [3.8, 4) is 5.75 Å². The van der Waals surface area contributed by atoms with Gasteiger partial charge in [0.2, 0.25) is 0 Å². The average molecular weight is 253 g/mol. The molecule has 17 heavy (non-hydrogen) atoms. The summed E-state index contributed by atoms with van der Waals surface area (Å²) in [4.78, 5) is 0. The molecule has 3 N–H and O–H groups in total. The lowest BCUT2D eigenvalue weighted by Gasteiger charge is -2.05. The van der Waals surface area contributed by atoms with Crippen LogP contribution in [0.5, 0.6) is 5.75 Å². The molecule has 0 unspecified atom stereocenters. The second-order valence-corrected chi connectivity index (χ2v) is 4.44. The highest BCUT2D eigenvalue weighted by atomic mass is 32.1. The first-order valence-electron chi connectivity index (χ1n) is 5.14. The minimum Gasteiger partial charge on any atom is -0.490 e. The first-order chi connectivity index (χ1) is 8.13. The van der Waals surface area contributed by atoms with Crippen molar-refractivity contribution in [3.05, 3.63) is 17.5 Å². The van der Waals surface area contributed by atoms with Crippen molar-refractivity contribution in [1.29, 1.82) is 0 Å². The van der Waals surface area contributed by atoms with Gasteiger partial charge in [-0.15, -0.1) is 0 Å². The Balaban J connectivity index is 2.10. The van der Waals surface area contributed by atoms with E-state index in [4.69, 9.17) is 10.5 Å². The minimum atomic E-state index is 0.419. The summed E-state index contributed by atoms with van der Waals surface area (Å²) in [6.45, 7) is 2.71. The van der Waals surface area contributed by atoms with E-state index in [1.165, 1.54) is 11.5 Å². The Hall–Kier alpha value is -1.76. The van der Waals surface area contributed by atoms with Crippen molar-refractivity contribution in [3.63, 3.8) is 0 Å². The molecule has 0 aliphatic heterocycles. The molecule has 0 bridgehead atoms. The maximum atomic E-state index is 5.67. The van der Waals surface area contributed by atoms with Crippen LogP contribution in [0.4, 0.5) is 10.8 Å². The van der Waals surface area contributed by atoms with E-state index in [0.29, 0.717) is 18.1 Å². The molecule has 6 nitrogen and oxygen atoms in total. The van der Waals surface area contributed by atoms with E-state index in [2.05, 4.69) is 14.8 Å². The number of aryl methyl sites for hydroxylation is 1. The van der Waals surface area contributed by atoms with E-state index in [9.17, 15) is 0 Å². The van der Waals surface area contributed by atoms with Gasteiger partial charge in [0, 0.05) is 24.8 Å². The SMILES string of the molecule is COc1c(N)nsc1NCc1cnn(C)c1C. The summed E-state index contributed by atoms with van der Waals surface area (Å²) >= 11 is 1.29. The first kappa shape index (κ1) is 11.7. The second kappa shape index (κ2) is 4.62. The molecule has 0 aliphatic rings. The molecule has 0 fully saturated rings. The molecular formula is C10H15N5OS. The Kier molecular flexibility index (Phi) is 3.19. The van der Waals surface area contributed by atoms with Crippen LogP contribution in [-0.2, 0) is 13.6 Å². The quantitative estimate of drug-likeness (QED) is 0.861. The highest BCUT2D eigenvalue weighted by molar-refractivity contribution is 7.11. The summed E-state index contributed by atoms with van der Waals surface area (Å²) in [6.07, 6.45) is 1.85.